The third-order valence-electron chi connectivity index (χ3n) is 2.80. The average molecular weight is 222 g/mol. The van der Waals surface area contributed by atoms with Gasteiger partial charge in [0.05, 0.1) is 0 Å². The van der Waals surface area contributed by atoms with Crippen molar-refractivity contribution in [1.82, 2.24) is 0 Å². The molecule has 0 fully saturated rings. The van der Waals surface area contributed by atoms with E-state index >= 15 is 0 Å². The molecule has 0 aromatic heterocycles. The van der Waals surface area contributed by atoms with Gasteiger partial charge < -0.3 is 20.4 Å². The van der Waals surface area contributed by atoms with Gasteiger partial charge in [0.15, 0.2) is 0 Å². The van der Waals surface area contributed by atoms with Crippen molar-refractivity contribution in [2.75, 3.05) is 0 Å². The van der Waals surface area contributed by atoms with E-state index in [1.807, 2.05) is 6.07 Å². The van der Waals surface area contributed by atoms with Crippen LogP contribution in [-0.2, 0) is 0 Å². The first-order chi connectivity index (χ1) is 7.61. The number of rotatable bonds is 1. The molecule has 0 amide bonds. The summed E-state index contributed by atoms with van der Waals surface area (Å²) in [5.74, 6) is 0. The van der Waals surface area contributed by atoms with Crippen LogP contribution in [0.4, 0.5) is 0 Å². The summed E-state index contributed by atoms with van der Waals surface area (Å²) in [5.41, 5.74) is 1.16. The maximum Gasteiger partial charge on any atom is 0.113 e. The van der Waals surface area contributed by atoms with Gasteiger partial charge in [0.2, 0.25) is 0 Å². The molecule has 1 aromatic carbocycles. The molecule has 0 saturated heterocycles. The summed E-state index contributed by atoms with van der Waals surface area (Å²) in [6.45, 7) is 0. The minimum Gasteiger partial charge on any atom is -0.387 e. The quantitative estimate of drug-likeness (QED) is 0.517. The van der Waals surface area contributed by atoms with E-state index in [0.29, 0.717) is 5.57 Å². The fourth-order valence-corrected chi connectivity index (χ4v) is 1.85. The minimum atomic E-state index is -1.37. The molecule has 0 bridgehead atoms. The van der Waals surface area contributed by atoms with Crippen LogP contribution in [0.1, 0.15) is 5.56 Å². The highest BCUT2D eigenvalue weighted by Gasteiger charge is 2.36. The first-order valence-corrected chi connectivity index (χ1v) is 5.10. The number of hydrogen-bond donors (Lipinski definition) is 4. The largest absolute Gasteiger partial charge is 0.387 e. The van der Waals surface area contributed by atoms with Gasteiger partial charge in [-0.05, 0) is 17.2 Å². The molecule has 1 aliphatic carbocycles. The van der Waals surface area contributed by atoms with Crippen LogP contribution < -0.4 is 0 Å². The van der Waals surface area contributed by atoms with Crippen molar-refractivity contribution in [2.24, 2.45) is 0 Å². The molecule has 4 N–H and O–H groups in total. The monoisotopic (exact) mass is 222 g/mol. The highest BCUT2D eigenvalue weighted by Crippen LogP contribution is 2.27. The first kappa shape index (κ1) is 11.3. The van der Waals surface area contributed by atoms with E-state index in [0.717, 1.165) is 5.56 Å². The van der Waals surface area contributed by atoms with Gasteiger partial charge in [-0.15, -0.1) is 0 Å². The Kier molecular flexibility index (Phi) is 3.07. The van der Waals surface area contributed by atoms with E-state index in [1.165, 1.54) is 6.08 Å². The molecule has 4 heteroatoms. The molecular formula is C12H14O4. The van der Waals surface area contributed by atoms with Gasteiger partial charge in [0.1, 0.15) is 24.4 Å². The molecule has 0 radical (unpaired) electrons. The fraction of sp³-hybridized carbons (Fsp3) is 0.333. The van der Waals surface area contributed by atoms with E-state index in [9.17, 15) is 20.4 Å². The Morgan fingerprint density at radius 2 is 1.44 bits per heavy atom. The van der Waals surface area contributed by atoms with Crippen molar-refractivity contribution in [3.05, 3.63) is 42.0 Å². The predicted molar refractivity (Wildman–Crippen MR) is 58.4 cm³/mol. The van der Waals surface area contributed by atoms with E-state index in [-0.39, 0.29) is 0 Å². The fourth-order valence-electron chi connectivity index (χ4n) is 1.85. The molecule has 4 atom stereocenters. The Bertz CT molecular complexity index is 387. The lowest BCUT2D eigenvalue weighted by Crippen LogP contribution is -2.47. The molecule has 0 heterocycles. The van der Waals surface area contributed by atoms with Crippen LogP contribution in [-0.4, -0.2) is 44.8 Å². The molecule has 4 nitrogen and oxygen atoms in total. The Morgan fingerprint density at radius 3 is 2.06 bits per heavy atom. The van der Waals surface area contributed by atoms with Gasteiger partial charge in [-0.1, -0.05) is 30.3 Å². The number of hydrogen-bond acceptors (Lipinski definition) is 4. The van der Waals surface area contributed by atoms with E-state index in [1.54, 1.807) is 24.3 Å². The lowest BCUT2D eigenvalue weighted by Gasteiger charge is -2.32. The third kappa shape index (κ3) is 1.88. The zero-order valence-electron chi connectivity index (χ0n) is 8.56. The van der Waals surface area contributed by atoms with Gasteiger partial charge in [0.25, 0.3) is 0 Å². The molecule has 0 aliphatic heterocycles. The second-order valence-corrected chi connectivity index (χ2v) is 3.90. The van der Waals surface area contributed by atoms with Crippen molar-refractivity contribution in [2.45, 2.75) is 24.4 Å². The number of benzene rings is 1. The summed E-state index contributed by atoms with van der Waals surface area (Å²) < 4.78 is 0. The van der Waals surface area contributed by atoms with Crippen molar-refractivity contribution in [3.8, 4) is 0 Å². The second kappa shape index (κ2) is 4.35. The molecule has 0 unspecified atom stereocenters. The van der Waals surface area contributed by atoms with Crippen molar-refractivity contribution in [1.29, 1.82) is 0 Å². The van der Waals surface area contributed by atoms with Gasteiger partial charge in [0, 0.05) is 0 Å². The average Bonchev–Trinajstić information content (AvgIpc) is 2.32. The molecule has 1 aliphatic rings. The van der Waals surface area contributed by atoms with Gasteiger partial charge in [-0.25, -0.2) is 0 Å². The zero-order chi connectivity index (χ0) is 11.7. The van der Waals surface area contributed by atoms with Gasteiger partial charge >= 0.3 is 0 Å². The maximum atomic E-state index is 9.79. The van der Waals surface area contributed by atoms with Crippen molar-refractivity contribution >= 4 is 5.57 Å². The lowest BCUT2D eigenvalue weighted by molar-refractivity contribution is -0.0846. The van der Waals surface area contributed by atoms with E-state index in [4.69, 9.17) is 0 Å². The summed E-state index contributed by atoms with van der Waals surface area (Å²) in [7, 11) is 0. The predicted octanol–water partition coefficient (Wildman–Crippen LogP) is -0.473. The molecular weight excluding hydrogens is 208 g/mol. The second-order valence-electron chi connectivity index (χ2n) is 3.90. The zero-order valence-corrected chi connectivity index (χ0v) is 8.56. The Labute approximate surface area is 93.1 Å². The minimum absolute atomic E-state index is 0.436. The Hall–Kier alpha value is -1.20. The summed E-state index contributed by atoms with van der Waals surface area (Å²) >= 11 is 0. The number of aliphatic hydroxyl groups excluding tert-OH is 4. The lowest BCUT2D eigenvalue weighted by atomic mass is 9.86. The van der Waals surface area contributed by atoms with E-state index < -0.39 is 24.4 Å². The topological polar surface area (TPSA) is 80.9 Å². The Balaban J connectivity index is 2.38. The first-order valence-electron chi connectivity index (χ1n) is 5.10. The molecule has 2 rings (SSSR count). The molecule has 16 heavy (non-hydrogen) atoms. The van der Waals surface area contributed by atoms with Crippen LogP contribution >= 0.6 is 0 Å². The number of aliphatic hydroxyl groups is 4. The Morgan fingerprint density at radius 1 is 0.812 bits per heavy atom. The van der Waals surface area contributed by atoms with Crippen LogP contribution in [0.3, 0.4) is 0 Å². The van der Waals surface area contributed by atoms with Crippen LogP contribution in [0.25, 0.3) is 5.57 Å². The summed E-state index contributed by atoms with van der Waals surface area (Å²) in [5, 5.41) is 38.2. The summed E-state index contributed by atoms with van der Waals surface area (Å²) in [6.07, 6.45) is -3.68. The van der Waals surface area contributed by atoms with Crippen LogP contribution in [0.15, 0.2) is 36.4 Å². The SMILES string of the molecule is O[C@@H]1[C@@H](O)[C@H](O)C(c2ccccc2)=C[C@H]1O. The van der Waals surface area contributed by atoms with Gasteiger partial charge in [-0.2, -0.15) is 0 Å². The third-order valence-corrected chi connectivity index (χ3v) is 2.80. The van der Waals surface area contributed by atoms with Crippen LogP contribution in [0.5, 0.6) is 0 Å². The maximum absolute atomic E-state index is 9.79. The molecule has 0 spiro atoms. The summed E-state index contributed by atoms with van der Waals surface area (Å²) in [4.78, 5) is 0. The van der Waals surface area contributed by atoms with Crippen LogP contribution in [0, 0.1) is 0 Å². The highest BCUT2D eigenvalue weighted by atomic mass is 16.4. The summed E-state index contributed by atoms with van der Waals surface area (Å²) in [6, 6.07) is 8.97. The van der Waals surface area contributed by atoms with Crippen molar-refractivity contribution in [3.63, 3.8) is 0 Å². The van der Waals surface area contributed by atoms with Crippen molar-refractivity contribution < 1.29 is 20.4 Å². The van der Waals surface area contributed by atoms with Gasteiger partial charge in [-0.3, -0.25) is 0 Å². The normalized spacial score (nSPS) is 34.6. The smallest absolute Gasteiger partial charge is 0.113 e. The van der Waals surface area contributed by atoms with Crippen LogP contribution in [0.2, 0.25) is 0 Å². The molecule has 0 saturated carbocycles. The molecule has 1 aromatic rings. The molecule has 86 valence electrons. The van der Waals surface area contributed by atoms with E-state index in [2.05, 4.69) is 0 Å². The standard InChI is InChI=1S/C12H14O4/c13-9-6-8(7-4-2-1-3-5-7)10(14)12(16)11(9)15/h1-6,9-16H/t9-,10-,11+,12+/m1/s1. The highest BCUT2D eigenvalue weighted by molar-refractivity contribution is 5.70.